The first-order chi connectivity index (χ1) is 18.7. The zero-order chi connectivity index (χ0) is 26.2. The Kier molecular flexibility index (Phi) is 8.04. The summed E-state index contributed by atoms with van der Waals surface area (Å²) in [7, 11) is 0. The summed E-state index contributed by atoms with van der Waals surface area (Å²) in [5, 5.41) is 4.79. The van der Waals surface area contributed by atoms with Gasteiger partial charge in [0.15, 0.2) is 0 Å². The molecule has 0 N–H and O–H groups in total. The number of aryl methyl sites for hydroxylation is 3. The average molecular weight is 501 g/mol. The van der Waals surface area contributed by atoms with Crippen LogP contribution in [0.4, 0.5) is 0 Å². The summed E-state index contributed by atoms with van der Waals surface area (Å²) in [5.41, 5.74) is 5.54. The second kappa shape index (κ2) is 12.2. The fourth-order valence-electron chi connectivity index (χ4n) is 4.60. The lowest BCUT2D eigenvalue weighted by Crippen LogP contribution is -2.33. The van der Waals surface area contributed by atoms with Gasteiger partial charge in [-0.05, 0) is 48.1 Å². The molecule has 1 amide bonds. The molecule has 0 unspecified atom stereocenters. The SMILES string of the molecule is Cc1ccccc1-n1nc(C(=O)N(CCc2ccccc2)Cc2ccccc2)nc1CCc1ccccc1. The standard InChI is InChI=1S/C33H32N4O/c1-26-13-11-12-20-30(26)37-31(22-21-27-14-5-2-6-15-27)34-32(35-37)33(38)36(25-29-18-9-4-10-19-29)24-23-28-16-7-3-8-17-28/h2-20H,21-25H2,1H3. The third-order valence-corrected chi connectivity index (χ3v) is 6.71. The first-order valence-electron chi connectivity index (χ1n) is 13.1. The molecular formula is C33H32N4O. The minimum absolute atomic E-state index is 0.155. The minimum atomic E-state index is -0.155. The van der Waals surface area contributed by atoms with Gasteiger partial charge in [0.2, 0.25) is 5.82 Å². The van der Waals surface area contributed by atoms with Gasteiger partial charge in [-0.3, -0.25) is 4.79 Å². The molecule has 38 heavy (non-hydrogen) atoms. The predicted octanol–water partition coefficient (Wildman–Crippen LogP) is 6.25. The van der Waals surface area contributed by atoms with E-state index in [9.17, 15) is 4.79 Å². The number of hydrogen-bond acceptors (Lipinski definition) is 3. The van der Waals surface area contributed by atoms with E-state index in [1.54, 1.807) is 0 Å². The van der Waals surface area contributed by atoms with E-state index in [1.807, 2.05) is 94.5 Å². The van der Waals surface area contributed by atoms with Crippen LogP contribution in [0.5, 0.6) is 0 Å². The van der Waals surface area contributed by atoms with E-state index in [0.717, 1.165) is 35.5 Å². The van der Waals surface area contributed by atoms with Crippen molar-refractivity contribution in [3.05, 3.63) is 149 Å². The minimum Gasteiger partial charge on any atom is -0.331 e. The number of benzene rings is 4. The van der Waals surface area contributed by atoms with Gasteiger partial charge in [0.25, 0.3) is 5.91 Å². The number of rotatable bonds is 10. The Bertz CT molecular complexity index is 1460. The van der Waals surface area contributed by atoms with Crippen molar-refractivity contribution in [2.75, 3.05) is 6.54 Å². The summed E-state index contributed by atoms with van der Waals surface area (Å²) in [4.78, 5) is 20.6. The van der Waals surface area contributed by atoms with Gasteiger partial charge in [0.1, 0.15) is 5.82 Å². The van der Waals surface area contributed by atoms with Crippen LogP contribution in [0.1, 0.15) is 38.7 Å². The molecule has 5 rings (SSSR count). The van der Waals surface area contributed by atoms with Crippen molar-refractivity contribution in [3.8, 4) is 5.69 Å². The fraction of sp³-hybridized carbons (Fsp3) is 0.182. The summed E-state index contributed by atoms with van der Waals surface area (Å²) in [5.74, 6) is 0.868. The Balaban J connectivity index is 1.45. The Labute approximate surface area is 224 Å². The Morgan fingerprint density at radius 1 is 0.684 bits per heavy atom. The van der Waals surface area contributed by atoms with Gasteiger partial charge in [-0.25, -0.2) is 9.67 Å². The van der Waals surface area contributed by atoms with E-state index in [0.29, 0.717) is 19.5 Å². The van der Waals surface area contributed by atoms with E-state index in [2.05, 4.69) is 37.3 Å². The van der Waals surface area contributed by atoms with Gasteiger partial charge in [-0.2, -0.15) is 0 Å². The third-order valence-electron chi connectivity index (χ3n) is 6.71. The van der Waals surface area contributed by atoms with Gasteiger partial charge in [-0.15, -0.1) is 5.10 Å². The molecule has 0 aliphatic rings. The first kappa shape index (κ1) is 25.2. The van der Waals surface area contributed by atoms with Gasteiger partial charge in [0, 0.05) is 19.5 Å². The number of carbonyl (C=O) groups excluding carboxylic acids is 1. The topological polar surface area (TPSA) is 51.0 Å². The normalized spacial score (nSPS) is 10.9. The molecule has 5 nitrogen and oxygen atoms in total. The number of para-hydroxylation sites is 1. The lowest BCUT2D eigenvalue weighted by Gasteiger charge is -2.21. The molecule has 0 saturated heterocycles. The Morgan fingerprint density at radius 3 is 1.87 bits per heavy atom. The molecule has 190 valence electrons. The maximum atomic E-state index is 13.9. The van der Waals surface area contributed by atoms with Crippen LogP contribution in [0.3, 0.4) is 0 Å². The average Bonchev–Trinajstić information content (AvgIpc) is 3.39. The van der Waals surface area contributed by atoms with Crippen LogP contribution < -0.4 is 0 Å². The van der Waals surface area contributed by atoms with Gasteiger partial charge >= 0.3 is 0 Å². The highest BCUT2D eigenvalue weighted by molar-refractivity contribution is 5.90. The predicted molar refractivity (Wildman–Crippen MR) is 151 cm³/mol. The number of nitrogens with zero attached hydrogens (tertiary/aromatic N) is 4. The zero-order valence-electron chi connectivity index (χ0n) is 21.7. The molecule has 5 heteroatoms. The van der Waals surface area contributed by atoms with Crippen molar-refractivity contribution in [2.24, 2.45) is 0 Å². The van der Waals surface area contributed by atoms with Crippen LogP contribution in [0.15, 0.2) is 115 Å². The van der Waals surface area contributed by atoms with Crippen LogP contribution in [0, 0.1) is 6.92 Å². The number of hydrogen-bond donors (Lipinski definition) is 0. The smallest absolute Gasteiger partial charge is 0.293 e. The van der Waals surface area contributed by atoms with Gasteiger partial charge in [0.05, 0.1) is 5.69 Å². The first-order valence-corrected chi connectivity index (χ1v) is 13.1. The fourth-order valence-corrected chi connectivity index (χ4v) is 4.60. The molecule has 0 aliphatic heterocycles. The maximum absolute atomic E-state index is 13.9. The van der Waals surface area contributed by atoms with E-state index in [-0.39, 0.29) is 11.7 Å². The highest BCUT2D eigenvalue weighted by atomic mass is 16.2. The molecule has 0 aliphatic carbocycles. The van der Waals surface area contributed by atoms with Crippen LogP contribution in [0.25, 0.3) is 5.69 Å². The van der Waals surface area contributed by atoms with Crippen molar-refractivity contribution in [1.82, 2.24) is 19.7 Å². The molecule has 4 aromatic carbocycles. The summed E-state index contributed by atoms with van der Waals surface area (Å²) in [6.07, 6.45) is 2.26. The Morgan fingerprint density at radius 2 is 1.24 bits per heavy atom. The summed E-state index contributed by atoms with van der Waals surface area (Å²) < 4.78 is 1.85. The molecule has 1 heterocycles. The van der Waals surface area contributed by atoms with Crippen LogP contribution in [-0.4, -0.2) is 32.1 Å². The van der Waals surface area contributed by atoms with Crippen molar-refractivity contribution in [2.45, 2.75) is 32.7 Å². The highest BCUT2D eigenvalue weighted by Crippen LogP contribution is 2.18. The summed E-state index contributed by atoms with van der Waals surface area (Å²) in [6.45, 7) is 3.14. The van der Waals surface area contributed by atoms with Crippen LogP contribution in [0.2, 0.25) is 0 Å². The summed E-state index contributed by atoms with van der Waals surface area (Å²) in [6, 6.07) is 38.8. The highest BCUT2D eigenvalue weighted by Gasteiger charge is 2.23. The van der Waals surface area contributed by atoms with E-state index in [1.165, 1.54) is 11.1 Å². The monoisotopic (exact) mass is 500 g/mol. The lowest BCUT2D eigenvalue weighted by atomic mass is 10.1. The maximum Gasteiger partial charge on any atom is 0.293 e. The molecule has 1 aromatic heterocycles. The lowest BCUT2D eigenvalue weighted by molar-refractivity contribution is 0.0732. The molecule has 0 saturated carbocycles. The van der Waals surface area contributed by atoms with E-state index in [4.69, 9.17) is 10.1 Å². The van der Waals surface area contributed by atoms with Crippen LogP contribution >= 0.6 is 0 Å². The second-order valence-corrected chi connectivity index (χ2v) is 9.48. The molecule has 0 atom stereocenters. The quantitative estimate of drug-likeness (QED) is 0.228. The van der Waals surface area contributed by atoms with Crippen molar-refractivity contribution < 1.29 is 4.79 Å². The van der Waals surface area contributed by atoms with Gasteiger partial charge < -0.3 is 4.90 Å². The van der Waals surface area contributed by atoms with Crippen LogP contribution in [-0.2, 0) is 25.8 Å². The Hall–Kier alpha value is -4.51. The van der Waals surface area contributed by atoms with Crippen molar-refractivity contribution >= 4 is 5.91 Å². The summed E-state index contributed by atoms with van der Waals surface area (Å²) >= 11 is 0. The van der Waals surface area contributed by atoms with E-state index >= 15 is 0 Å². The van der Waals surface area contributed by atoms with Crippen molar-refractivity contribution in [3.63, 3.8) is 0 Å². The number of carbonyl (C=O) groups is 1. The number of aromatic nitrogens is 3. The molecular weight excluding hydrogens is 468 g/mol. The molecule has 0 spiro atoms. The van der Waals surface area contributed by atoms with E-state index < -0.39 is 0 Å². The largest absolute Gasteiger partial charge is 0.331 e. The molecule has 5 aromatic rings. The molecule has 0 bridgehead atoms. The van der Waals surface area contributed by atoms with Gasteiger partial charge in [-0.1, -0.05) is 109 Å². The zero-order valence-corrected chi connectivity index (χ0v) is 21.7. The van der Waals surface area contributed by atoms with Crippen molar-refractivity contribution in [1.29, 1.82) is 0 Å². The molecule has 0 radical (unpaired) electrons. The third kappa shape index (κ3) is 6.24. The number of amides is 1. The molecule has 0 fully saturated rings. The second-order valence-electron chi connectivity index (χ2n) is 9.48.